The van der Waals surface area contributed by atoms with Crippen molar-refractivity contribution < 1.29 is 14.3 Å². The van der Waals surface area contributed by atoms with Gasteiger partial charge in [0.1, 0.15) is 5.75 Å². The van der Waals surface area contributed by atoms with Gasteiger partial charge in [0.2, 0.25) is 5.91 Å². The number of hydrogen-bond donors (Lipinski definition) is 2. The Bertz CT molecular complexity index is 386. The predicted octanol–water partition coefficient (Wildman–Crippen LogP) is 1.14. The van der Waals surface area contributed by atoms with Gasteiger partial charge in [-0.05, 0) is 30.7 Å². The first kappa shape index (κ1) is 12.7. The molecule has 0 radical (unpaired) electrons. The van der Waals surface area contributed by atoms with E-state index in [1.165, 1.54) is 0 Å². The molecular weight excluding hydrogens is 232 g/mol. The Morgan fingerprint density at radius 2 is 2.22 bits per heavy atom. The zero-order valence-corrected chi connectivity index (χ0v) is 10.2. The Kier molecular flexibility index (Phi) is 4.41. The number of nitrogens with one attached hydrogen (secondary N) is 1. The fourth-order valence-corrected chi connectivity index (χ4v) is 1.80. The van der Waals surface area contributed by atoms with Crippen LogP contribution in [0.15, 0.2) is 24.3 Å². The van der Waals surface area contributed by atoms with E-state index in [0.717, 1.165) is 31.1 Å². The first-order valence-corrected chi connectivity index (χ1v) is 6.09. The van der Waals surface area contributed by atoms with Gasteiger partial charge in [0, 0.05) is 12.3 Å². The molecule has 98 valence electrons. The Balaban J connectivity index is 1.79. The minimum atomic E-state index is -0.352. The van der Waals surface area contributed by atoms with Crippen molar-refractivity contribution in [1.82, 2.24) is 0 Å². The van der Waals surface area contributed by atoms with E-state index in [9.17, 15) is 4.79 Å². The lowest BCUT2D eigenvalue weighted by molar-refractivity contribution is -0.118. The number of hydrogen-bond acceptors (Lipinski definition) is 4. The van der Waals surface area contributed by atoms with Gasteiger partial charge in [0.25, 0.3) is 0 Å². The van der Waals surface area contributed by atoms with Gasteiger partial charge >= 0.3 is 0 Å². The van der Waals surface area contributed by atoms with Crippen molar-refractivity contribution >= 4 is 11.6 Å². The lowest BCUT2D eigenvalue weighted by atomic mass is 10.2. The zero-order chi connectivity index (χ0) is 12.8. The van der Waals surface area contributed by atoms with Crippen LogP contribution >= 0.6 is 0 Å². The average molecular weight is 250 g/mol. The molecule has 0 bridgehead atoms. The fraction of sp³-hybridized carbons (Fsp3) is 0.462. The predicted molar refractivity (Wildman–Crippen MR) is 68.6 cm³/mol. The molecule has 1 aliphatic rings. The molecule has 18 heavy (non-hydrogen) atoms. The Hall–Kier alpha value is -1.75. The first-order chi connectivity index (χ1) is 8.74. The normalized spacial score (nSPS) is 18.6. The number of amides is 1. The molecule has 5 heteroatoms. The van der Waals surface area contributed by atoms with Crippen LogP contribution in [-0.4, -0.2) is 31.8 Å². The lowest BCUT2D eigenvalue weighted by Crippen LogP contribution is -2.18. The van der Waals surface area contributed by atoms with Crippen LogP contribution in [0.1, 0.15) is 12.8 Å². The molecule has 1 saturated heterocycles. The monoisotopic (exact) mass is 250 g/mol. The smallest absolute Gasteiger partial charge is 0.220 e. The summed E-state index contributed by atoms with van der Waals surface area (Å²) < 4.78 is 10.7. The molecule has 1 unspecified atom stereocenters. The number of carbonyl (C=O) groups excluding carboxylic acids is 1. The molecule has 0 saturated carbocycles. The van der Waals surface area contributed by atoms with Gasteiger partial charge in [0.05, 0.1) is 25.7 Å². The number of primary amides is 1. The number of rotatable bonds is 6. The van der Waals surface area contributed by atoms with Crippen molar-refractivity contribution in [2.24, 2.45) is 5.73 Å². The molecule has 1 atom stereocenters. The number of anilines is 1. The SMILES string of the molecule is NC(=O)CCOc1ccc(NC2CCOC2)cc1. The molecule has 0 aliphatic carbocycles. The molecule has 1 fully saturated rings. The molecule has 3 N–H and O–H groups in total. The molecule has 1 heterocycles. The van der Waals surface area contributed by atoms with Gasteiger partial charge < -0.3 is 20.5 Å². The highest BCUT2D eigenvalue weighted by molar-refractivity contribution is 5.73. The highest BCUT2D eigenvalue weighted by Gasteiger charge is 2.14. The summed E-state index contributed by atoms with van der Waals surface area (Å²) in [5.41, 5.74) is 6.08. The van der Waals surface area contributed by atoms with Crippen molar-refractivity contribution in [2.45, 2.75) is 18.9 Å². The molecule has 1 aliphatic heterocycles. The van der Waals surface area contributed by atoms with Crippen LogP contribution in [0.25, 0.3) is 0 Å². The van der Waals surface area contributed by atoms with E-state index in [1.807, 2.05) is 24.3 Å². The summed E-state index contributed by atoms with van der Waals surface area (Å²) in [6.07, 6.45) is 1.27. The number of ether oxygens (including phenoxy) is 2. The van der Waals surface area contributed by atoms with Crippen molar-refractivity contribution in [1.29, 1.82) is 0 Å². The summed E-state index contributed by atoms with van der Waals surface area (Å²) in [6, 6.07) is 8.06. The molecule has 1 aromatic carbocycles. The van der Waals surface area contributed by atoms with Crippen LogP contribution in [0.3, 0.4) is 0 Å². The van der Waals surface area contributed by atoms with Crippen LogP contribution in [-0.2, 0) is 9.53 Å². The quantitative estimate of drug-likeness (QED) is 0.794. The highest BCUT2D eigenvalue weighted by atomic mass is 16.5. The molecule has 0 aromatic heterocycles. The standard InChI is InChI=1S/C13H18N2O3/c14-13(16)6-8-18-12-3-1-10(2-4-12)15-11-5-7-17-9-11/h1-4,11,15H,5-9H2,(H2,14,16). The number of nitrogens with two attached hydrogens (primary N) is 1. The van der Waals surface area contributed by atoms with Gasteiger partial charge in [0.15, 0.2) is 0 Å². The van der Waals surface area contributed by atoms with Crippen molar-refractivity contribution in [3.63, 3.8) is 0 Å². The third-order valence-electron chi connectivity index (χ3n) is 2.77. The average Bonchev–Trinajstić information content (AvgIpc) is 2.84. The fourth-order valence-electron chi connectivity index (χ4n) is 1.80. The Labute approximate surface area is 106 Å². The van der Waals surface area contributed by atoms with Crippen LogP contribution in [0.4, 0.5) is 5.69 Å². The van der Waals surface area contributed by atoms with Gasteiger partial charge in [-0.2, -0.15) is 0 Å². The van der Waals surface area contributed by atoms with E-state index in [0.29, 0.717) is 12.6 Å². The molecule has 1 aromatic rings. The van der Waals surface area contributed by atoms with Crippen molar-refractivity contribution in [3.05, 3.63) is 24.3 Å². The number of carbonyl (C=O) groups is 1. The van der Waals surface area contributed by atoms with E-state index in [4.69, 9.17) is 15.2 Å². The van der Waals surface area contributed by atoms with E-state index < -0.39 is 0 Å². The Morgan fingerprint density at radius 3 is 2.83 bits per heavy atom. The van der Waals surface area contributed by atoms with Gasteiger partial charge in [-0.1, -0.05) is 0 Å². The third-order valence-corrected chi connectivity index (χ3v) is 2.77. The minimum Gasteiger partial charge on any atom is -0.493 e. The van der Waals surface area contributed by atoms with Gasteiger partial charge in [-0.15, -0.1) is 0 Å². The van der Waals surface area contributed by atoms with Crippen molar-refractivity contribution in [3.8, 4) is 5.75 Å². The summed E-state index contributed by atoms with van der Waals surface area (Å²) in [7, 11) is 0. The second-order valence-electron chi connectivity index (χ2n) is 4.29. The summed E-state index contributed by atoms with van der Waals surface area (Å²) in [5.74, 6) is 0.388. The summed E-state index contributed by atoms with van der Waals surface area (Å²) in [6.45, 7) is 1.90. The molecule has 5 nitrogen and oxygen atoms in total. The molecule has 0 spiro atoms. The van der Waals surface area contributed by atoms with Crippen LogP contribution in [0.5, 0.6) is 5.75 Å². The second kappa shape index (κ2) is 6.26. The highest BCUT2D eigenvalue weighted by Crippen LogP contribution is 2.18. The maximum atomic E-state index is 10.6. The van der Waals surface area contributed by atoms with Crippen molar-refractivity contribution in [2.75, 3.05) is 25.1 Å². The second-order valence-corrected chi connectivity index (χ2v) is 4.29. The van der Waals surface area contributed by atoms with Crippen LogP contribution in [0, 0.1) is 0 Å². The van der Waals surface area contributed by atoms with Crippen LogP contribution in [0.2, 0.25) is 0 Å². The molecule has 1 amide bonds. The summed E-state index contributed by atoms with van der Waals surface area (Å²) >= 11 is 0. The summed E-state index contributed by atoms with van der Waals surface area (Å²) in [4.78, 5) is 10.6. The first-order valence-electron chi connectivity index (χ1n) is 6.09. The van der Waals surface area contributed by atoms with E-state index in [-0.39, 0.29) is 12.3 Å². The van der Waals surface area contributed by atoms with Crippen LogP contribution < -0.4 is 15.8 Å². The topological polar surface area (TPSA) is 73.6 Å². The third kappa shape index (κ3) is 3.92. The number of benzene rings is 1. The maximum Gasteiger partial charge on any atom is 0.220 e. The van der Waals surface area contributed by atoms with E-state index >= 15 is 0 Å². The summed E-state index contributed by atoms with van der Waals surface area (Å²) in [5, 5.41) is 3.39. The zero-order valence-electron chi connectivity index (χ0n) is 10.2. The Morgan fingerprint density at radius 1 is 1.44 bits per heavy atom. The van der Waals surface area contributed by atoms with E-state index in [2.05, 4.69) is 5.32 Å². The lowest BCUT2D eigenvalue weighted by Gasteiger charge is -2.12. The maximum absolute atomic E-state index is 10.6. The van der Waals surface area contributed by atoms with Gasteiger partial charge in [-0.25, -0.2) is 0 Å². The van der Waals surface area contributed by atoms with E-state index in [1.54, 1.807) is 0 Å². The largest absolute Gasteiger partial charge is 0.493 e. The molecule has 2 rings (SSSR count). The minimum absolute atomic E-state index is 0.236. The molecular formula is C13H18N2O3. The van der Waals surface area contributed by atoms with Gasteiger partial charge in [-0.3, -0.25) is 4.79 Å².